The number of benzene rings is 1. The lowest BCUT2D eigenvalue weighted by molar-refractivity contribution is 0.0827. The lowest BCUT2D eigenvalue weighted by atomic mass is 9.89. The van der Waals surface area contributed by atoms with Gasteiger partial charge in [0.05, 0.1) is 5.56 Å². The molecule has 0 spiro atoms. The van der Waals surface area contributed by atoms with E-state index in [-0.39, 0.29) is 5.91 Å². The molecule has 1 aromatic heterocycles. The highest BCUT2D eigenvalue weighted by molar-refractivity contribution is 5.98. The molecule has 1 saturated heterocycles. The van der Waals surface area contributed by atoms with Crippen LogP contribution in [0.25, 0.3) is 0 Å². The molecule has 0 atom stereocenters. The van der Waals surface area contributed by atoms with Crippen LogP contribution in [0.2, 0.25) is 0 Å². The van der Waals surface area contributed by atoms with Crippen LogP contribution in [0, 0.1) is 0 Å². The zero-order valence-electron chi connectivity index (χ0n) is 13.8. The third-order valence-electron chi connectivity index (χ3n) is 4.49. The minimum atomic E-state index is 0.0123. The van der Waals surface area contributed by atoms with E-state index in [4.69, 9.17) is 0 Å². The van der Waals surface area contributed by atoms with Gasteiger partial charge in [-0.15, -0.1) is 0 Å². The maximum absolute atomic E-state index is 12.4. The summed E-state index contributed by atoms with van der Waals surface area (Å²) in [6.07, 6.45) is 3.96. The van der Waals surface area contributed by atoms with E-state index in [1.807, 2.05) is 12.1 Å². The Balaban J connectivity index is 1.74. The van der Waals surface area contributed by atoms with Crippen LogP contribution in [0.4, 0.5) is 5.82 Å². The molecule has 23 heavy (non-hydrogen) atoms. The highest BCUT2D eigenvalue weighted by atomic mass is 16.2. The quantitative estimate of drug-likeness (QED) is 0.874. The molecule has 1 aromatic carbocycles. The van der Waals surface area contributed by atoms with E-state index in [9.17, 15) is 4.79 Å². The predicted octanol–water partition coefficient (Wildman–Crippen LogP) is 3.17. The Morgan fingerprint density at radius 3 is 2.43 bits per heavy atom. The molecule has 0 aliphatic carbocycles. The second-order valence-electron chi connectivity index (χ2n) is 6.25. The molecular formula is C19H23N3O. The molecule has 1 aliphatic rings. The third kappa shape index (κ3) is 3.36. The van der Waals surface area contributed by atoms with E-state index < -0.39 is 0 Å². The minimum Gasteiger partial charge on any atom is -0.356 e. The number of piperidine rings is 1. The lowest BCUT2D eigenvalue weighted by Gasteiger charge is -2.34. The zero-order valence-corrected chi connectivity index (χ0v) is 13.8. The molecular weight excluding hydrogens is 286 g/mol. The maximum Gasteiger partial charge on any atom is 0.257 e. The SMILES string of the molecule is CN(C)C(=O)c1cccnc1N1CCC(c2ccccc2)CC1. The Kier molecular flexibility index (Phi) is 4.60. The molecule has 0 bridgehead atoms. The van der Waals surface area contributed by atoms with Gasteiger partial charge in [-0.25, -0.2) is 4.98 Å². The minimum absolute atomic E-state index is 0.0123. The van der Waals surface area contributed by atoms with Gasteiger partial charge in [0.25, 0.3) is 5.91 Å². The van der Waals surface area contributed by atoms with E-state index in [0.717, 1.165) is 31.7 Å². The highest BCUT2D eigenvalue weighted by Gasteiger charge is 2.24. The van der Waals surface area contributed by atoms with Crippen LogP contribution in [0.3, 0.4) is 0 Å². The van der Waals surface area contributed by atoms with Gasteiger partial charge in [-0.1, -0.05) is 30.3 Å². The van der Waals surface area contributed by atoms with Crippen LogP contribution < -0.4 is 4.90 Å². The fourth-order valence-electron chi connectivity index (χ4n) is 3.21. The molecule has 0 saturated carbocycles. The molecule has 2 aromatic rings. The van der Waals surface area contributed by atoms with Crippen LogP contribution in [0.15, 0.2) is 48.7 Å². The van der Waals surface area contributed by atoms with Gasteiger partial charge in [-0.2, -0.15) is 0 Å². The number of carbonyl (C=O) groups is 1. The second-order valence-corrected chi connectivity index (χ2v) is 6.25. The van der Waals surface area contributed by atoms with E-state index in [2.05, 4.69) is 40.2 Å². The molecule has 4 nitrogen and oxygen atoms in total. The first-order valence-electron chi connectivity index (χ1n) is 8.13. The zero-order chi connectivity index (χ0) is 16.2. The molecule has 1 fully saturated rings. The largest absolute Gasteiger partial charge is 0.356 e. The smallest absolute Gasteiger partial charge is 0.257 e. The number of amides is 1. The Hall–Kier alpha value is -2.36. The van der Waals surface area contributed by atoms with Crippen molar-refractivity contribution in [3.8, 4) is 0 Å². The fourth-order valence-corrected chi connectivity index (χ4v) is 3.21. The lowest BCUT2D eigenvalue weighted by Crippen LogP contribution is -2.35. The van der Waals surface area contributed by atoms with Crippen molar-refractivity contribution in [1.29, 1.82) is 0 Å². The Morgan fingerprint density at radius 2 is 1.78 bits per heavy atom. The summed E-state index contributed by atoms with van der Waals surface area (Å²) in [5, 5.41) is 0. The summed E-state index contributed by atoms with van der Waals surface area (Å²) in [5.74, 6) is 1.43. The van der Waals surface area contributed by atoms with Crippen LogP contribution in [0.1, 0.15) is 34.7 Å². The molecule has 2 heterocycles. The first kappa shape index (κ1) is 15.5. The van der Waals surface area contributed by atoms with Crippen molar-refractivity contribution in [2.75, 3.05) is 32.1 Å². The number of aromatic nitrogens is 1. The fraction of sp³-hybridized carbons (Fsp3) is 0.368. The summed E-state index contributed by atoms with van der Waals surface area (Å²) >= 11 is 0. The first-order chi connectivity index (χ1) is 11.2. The number of hydrogen-bond acceptors (Lipinski definition) is 3. The normalized spacial score (nSPS) is 15.5. The van der Waals surface area contributed by atoms with Gasteiger partial charge < -0.3 is 9.80 Å². The number of nitrogens with zero attached hydrogens (tertiary/aromatic N) is 3. The predicted molar refractivity (Wildman–Crippen MR) is 92.9 cm³/mol. The standard InChI is InChI=1S/C19H23N3O/c1-21(2)19(23)17-9-6-12-20-18(17)22-13-10-16(11-14-22)15-7-4-3-5-8-15/h3-9,12,16H,10-11,13-14H2,1-2H3. The van der Waals surface area contributed by atoms with E-state index in [1.54, 1.807) is 25.2 Å². The monoisotopic (exact) mass is 309 g/mol. The average molecular weight is 309 g/mol. The summed E-state index contributed by atoms with van der Waals surface area (Å²) < 4.78 is 0. The topological polar surface area (TPSA) is 36.4 Å². The van der Waals surface area contributed by atoms with E-state index in [1.165, 1.54) is 5.56 Å². The van der Waals surface area contributed by atoms with Gasteiger partial charge in [-0.05, 0) is 36.5 Å². The second kappa shape index (κ2) is 6.82. The first-order valence-corrected chi connectivity index (χ1v) is 8.13. The molecule has 0 N–H and O–H groups in total. The summed E-state index contributed by atoms with van der Waals surface area (Å²) in [4.78, 5) is 20.7. The number of anilines is 1. The highest BCUT2D eigenvalue weighted by Crippen LogP contribution is 2.30. The van der Waals surface area contributed by atoms with Gasteiger partial charge in [0.2, 0.25) is 0 Å². The molecule has 3 rings (SSSR count). The number of hydrogen-bond donors (Lipinski definition) is 0. The van der Waals surface area contributed by atoms with Crippen molar-refractivity contribution in [3.63, 3.8) is 0 Å². The number of pyridine rings is 1. The van der Waals surface area contributed by atoms with Crippen LogP contribution in [-0.4, -0.2) is 43.0 Å². The average Bonchev–Trinajstić information content (AvgIpc) is 2.62. The van der Waals surface area contributed by atoms with Crippen molar-refractivity contribution in [2.45, 2.75) is 18.8 Å². The van der Waals surface area contributed by atoms with Crippen molar-refractivity contribution >= 4 is 11.7 Å². The molecule has 1 amide bonds. The summed E-state index contributed by atoms with van der Waals surface area (Å²) in [5.41, 5.74) is 2.11. The van der Waals surface area contributed by atoms with Gasteiger partial charge >= 0.3 is 0 Å². The molecule has 4 heteroatoms. The Bertz CT molecular complexity index is 661. The van der Waals surface area contributed by atoms with Crippen LogP contribution in [-0.2, 0) is 0 Å². The maximum atomic E-state index is 12.4. The molecule has 0 radical (unpaired) electrons. The summed E-state index contributed by atoms with van der Waals surface area (Å²) in [6.45, 7) is 1.87. The van der Waals surface area contributed by atoms with Crippen molar-refractivity contribution in [2.24, 2.45) is 0 Å². The number of rotatable bonds is 3. The number of carbonyl (C=O) groups excluding carboxylic acids is 1. The van der Waals surface area contributed by atoms with Crippen molar-refractivity contribution < 1.29 is 4.79 Å². The van der Waals surface area contributed by atoms with Gasteiger partial charge in [0.15, 0.2) is 0 Å². The molecule has 1 aliphatic heterocycles. The van der Waals surface area contributed by atoms with Crippen LogP contribution in [0.5, 0.6) is 0 Å². The van der Waals surface area contributed by atoms with Gasteiger partial charge in [0.1, 0.15) is 5.82 Å². The van der Waals surface area contributed by atoms with Crippen molar-refractivity contribution in [3.05, 3.63) is 59.8 Å². The molecule has 120 valence electrons. The molecule has 0 unspecified atom stereocenters. The third-order valence-corrected chi connectivity index (χ3v) is 4.49. The Morgan fingerprint density at radius 1 is 1.09 bits per heavy atom. The van der Waals surface area contributed by atoms with E-state index in [0.29, 0.717) is 11.5 Å². The summed E-state index contributed by atoms with van der Waals surface area (Å²) in [7, 11) is 3.56. The van der Waals surface area contributed by atoms with Gasteiger partial charge in [-0.3, -0.25) is 4.79 Å². The van der Waals surface area contributed by atoms with Crippen molar-refractivity contribution in [1.82, 2.24) is 9.88 Å². The van der Waals surface area contributed by atoms with Crippen LogP contribution >= 0.6 is 0 Å². The summed E-state index contributed by atoms with van der Waals surface area (Å²) in [6, 6.07) is 14.4. The Labute approximate surface area is 137 Å². The van der Waals surface area contributed by atoms with Gasteiger partial charge in [0, 0.05) is 33.4 Å². The van der Waals surface area contributed by atoms with E-state index >= 15 is 0 Å².